The third-order valence-electron chi connectivity index (χ3n) is 3.50. The van der Waals surface area contributed by atoms with E-state index in [0.29, 0.717) is 5.75 Å². The molecule has 0 aliphatic heterocycles. The van der Waals surface area contributed by atoms with E-state index in [2.05, 4.69) is 0 Å². The highest BCUT2D eigenvalue weighted by Gasteiger charge is 2.11. The summed E-state index contributed by atoms with van der Waals surface area (Å²) in [5.74, 6) is 1.09. The Morgan fingerprint density at radius 2 is 1.64 bits per heavy atom. The van der Waals surface area contributed by atoms with E-state index < -0.39 is 0 Å². The van der Waals surface area contributed by atoms with Crippen molar-refractivity contribution >= 4 is 17.9 Å². The molecule has 2 aromatic carbocycles. The van der Waals surface area contributed by atoms with Gasteiger partial charge in [-0.3, -0.25) is 9.59 Å². The Morgan fingerprint density at radius 3 is 2.32 bits per heavy atom. The summed E-state index contributed by atoms with van der Waals surface area (Å²) in [4.78, 5) is 26.6. The van der Waals surface area contributed by atoms with E-state index in [9.17, 15) is 9.59 Å². The number of hydrogen-bond acceptors (Lipinski definition) is 3. The Morgan fingerprint density at radius 1 is 0.960 bits per heavy atom. The van der Waals surface area contributed by atoms with Crippen LogP contribution < -0.4 is 4.74 Å². The molecule has 0 aromatic heterocycles. The summed E-state index contributed by atoms with van der Waals surface area (Å²) in [6, 6.07) is 16.9. The number of para-hydroxylation sites is 1. The van der Waals surface area contributed by atoms with Crippen molar-refractivity contribution in [2.24, 2.45) is 0 Å². The van der Waals surface area contributed by atoms with Gasteiger partial charge in [-0.05, 0) is 35.9 Å². The van der Waals surface area contributed by atoms with Crippen LogP contribution in [0.15, 0.2) is 60.7 Å². The lowest BCUT2D eigenvalue weighted by molar-refractivity contribution is -0.135. The Bertz CT molecular complexity index is 755. The van der Waals surface area contributed by atoms with Crippen molar-refractivity contribution in [2.45, 2.75) is 0 Å². The van der Waals surface area contributed by atoms with E-state index in [1.807, 2.05) is 54.6 Å². The summed E-state index contributed by atoms with van der Waals surface area (Å²) in [6.45, 7) is 0.0489. The lowest BCUT2D eigenvalue weighted by Crippen LogP contribution is -2.36. The minimum Gasteiger partial charge on any atom is -0.457 e. The number of carbonyl (C=O) groups excluding carboxylic acids is 2. The Balaban J connectivity index is 2.00. The fourth-order valence-corrected chi connectivity index (χ4v) is 2.02. The van der Waals surface area contributed by atoms with Gasteiger partial charge >= 0.3 is 0 Å². The van der Waals surface area contributed by atoms with Gasteiger partial charge in [-0.2, -0.15) is 0 Å². The molecule has 0 aliphatic carbocycles. The van der Waals surface area contributed by atoms with Crippen LogP contribution in [0.5, 0.6) is 11.5 Å². The molecule has 0 aliphatic rings. The lowest BCUT2D eigenvalue weighted by Gasteiger charge is -2.17. The third kappa shape index (κ3) is 5.80. The van der Waals surface area contributed by atoms with Crippen molar-refractivity contribution < 1.29 is 14.3 Å². The standard InChI is InChI=1S/C20H22N2O3/c1-21(2)20(24)15-22(3)19(23)13-12-16-8-7-11-18(14-16)25-17-9-5-4-6-10-17/h4-14H,15H2,1-3H3/b13-12+. The van der Waals surface area contributed by atoms with Gasteiger partial charge in [0.25, 0.3) is 0 Å². The predicted octanol–water partition coefficient (Wildman–Crippen LogP) is 3.04. The largest absolute Gasteiger partial charge is 0.457 e. The highest BCUT2D eigenvalue weighted by Crippen LogP contribution is 2.22. The molecule has 0 unspecified atom stereocenters. The van der Waals surface area contributed by atoms with Crippen LogP contribution in [-0.4, -0.2) is 49.3 Å². The molecule has 2 aromatic rings. The highest BCUT2D eigenvalue weighted by molar-refractivity contribution is 5.94. The zero-order chi connectivity index (χ0) is 18.2. The zero-order valence-corrected chi connectivity index (χ0v) is 14.7. The maximum absolute atomic E-state index is 12.1. The molecular formula is C20H22N2O3. The molecule has 0 spiro atoms. The monoisotopic (exact) mass is 338 g/mol. The topological polar surface area (TPSA) is 49.9 Å². The molecule has 0 saturated carbocycles. The molecule has 5 heteroatoms. The van der Waals surface area contributed by atoms with Crippen LogP contribution in [0.3, 0.4) is 0 Å². The van der Waals surface area contributed by atoms with E-state index in [1.165, 1.54) is 15.9 Å². The van der Waals surface area contributed by atoms with Gasteiger partial charge in [0.2, 0.25) is 11.8 Å². The van der Waals surface area contributed by atoms with Gasteiger partial charge < -0.3 is 14.5 Å². The van der Waals surface area contributed by atoms with Crippen molar-refractivity contribution in [1.29, 1.82) is 0 Å². The second kappa shape index (κ2) is 8.68. The Kier molecular flexibility index (Phi) is 6.34. The number of likely N-dealkylation sites (N-methyl/N-ethyl adjacent to an activating group) is 2. The molecule has 2 rings (SSSR count). The maximum atomic E-state index is 12.1. The van der Waals surface area contributed by atoms with Gasteiger partial charge in [-0.25, -0.2) is 0 Å². The zero-order valence-electron chi connectivity index (χ0n) is 14.7. The first-order valence-electron chi connectivity index (χ1n) is 7.92. The summed E-state index contributed by atoms with van der Waals surface area (Å²) >= 11 is 0. The molecule has 0 fully saturated rings. The minimum atomic E-state index is -0.232. The lowest BCUT2D eigenvalue weighted by atomic mass is 10.2. The van der Waals surface area contributed by atoms with E-state index in [-0.39, 0.29) is 18.4 Å². The van der Waals surface area contributed by atoms with Gasteiger partial charge in [0, 0.05) is 27.2 Å². The number of hydrogen-bond donors (Lipinski definition) is 0. The van der Waals surface area contributed by atoms with Crippen LogP contribution in [0.4, 0.5) is 0 Å². The molecule has 0 heterocycles. The number of amides is 2. The summed E-state index contributed by atoms with van der Waals surface area (Å²) < 4.78 is 5.77. The summed E-state index contributed by atoms with van der Waals surface area (Å²) in [6.07, 6.45) is 3.15. The van der Waals surface area contributed by atoms with Gasteiger partial charge in [0.05, 0.1) is 6.54 Å². The molecule has 25 heavy (non-hydrogen) atoms. The average molecular weight is 338 g/mol. The predicted molar refractivity (Wildman–Crippen MR) is 98.3 cm³/mol. The molecule has 2 amide bonds. The summed E-state index contributed by atoms with van der Waals surface area (Å²) in [5, 5.41) is 0. The van der Waals surface area contributed by atoms with Crippen molar-refractivity contribution in [3.63, 3.8) is 0 Å². The van der Waals surface area contributed by atoms with Gasteiger partial charge in [-0.1, -0.05) is 30.3 Å². The average Bonchev–Trinajstić information content (AvgIpc) is 2.60. The Hall–Kier alpha value is -3.08. The van der Waals surface area contributed by atoms with Crippen molar-refractivity contribution in [2.75, 3.05) is 27.7 Å². The summed E-state index contributed by atoms with van der Waals surface area (Å²) in [5.41, 5.74) is 0.842. The fourth-order valence-electron chi connectivity index (χ4n) is 2.02. The second-order valence-electron chi connectivity index (χ2n) is 5.80. The number of benzene rings is 2. The first-order valence-corrected chi connectivity index (χ1v) is 7.92. The van der Waals surface area contributed by atoms with E-state index >= 15 is 0 Å². The number of rotatable bonds is 6. The van der Waals surface area contributed by atoms with E-state index in [4.69, 9.17) is 4.74 Å². The van der Waals surface area contributed by atoms with Crippen LogP contribution in [-0.2, 0) is 9.59 Å². The summed E-state index contributed by atoms with van der Waals surface area (Å²) in [7, 11) is 4.92. The quantitative estimate of drug-likeness (QED) is 0.761. The molecule has 0 atom stereocenters. The van der Waals surface area contributed by atoms with Gasteiger partial charge in [0.15, 0.2) is 0 Å². The normalized spacial score (nSPS) is 10.5. The fraction of sp³-hybridized carbons (Fsp3) is 0.200. The van der Waals surface area contributed by atoms with Crippen molar-refractivity contribution in [1.82, 2.24) is 9.80 Å². The van der Waals surface area contributed by atoms with Crippen molar-refractivity contribution in [3.8, 4) is 11.5 Å². The number of ether oxygens (including phenoxy) is 1. The van der Waals surface area contributed by atoms with Crippen LogP contribution in [0.25, 0.3) is 6.08 Å². The molecule has 0 N–H and O–H groups in total. The molecule has 0 radical (unpaired) electrons. The molecule has 0 bridgehead atoms. The van der Waals surface area contributed by atoms with Crippen LogP contribution in [0.2, 0.25) is 0 Å². The van der Waals surface area contributed by atoms with Crippen LogP contribution in [0.1, 0.15) is 5.56 Å². The van der Waals surface area contributed by atoms with Gasteiger partial charge in [-0.15, -0.1) is 0 Å². The second-order valence-corrected chi connectivity index (χ2v) is 5.80. The molecule has 0 saturated heterocycles. The molecular weight excluding hydrogens is 316 g/mol. The first-order chi connectivity index (χ1) is 12.0. The maximum Gasteiger partial charge on any atom is 0.246 e. The highest BCUT2D eigenvalue weighted by atomic mass is 16.5. The number of carbonyl (C=O) groups is 2. The van der Waals surface area contributed by atoms with Crippen molar-refractivity contribution in [3.05, 3.63) is 66.2 Å². The van der Waals surface area contributed by atoms with E-state index in [0.717, 1.165) is 11.3 Å². The molecule has 5 nitrogen and oxygen atoms in total. The molecule has 130 valence electrons. The van der Waals surface area contributed by atoms with E-state index in [1.54, 1.807) is 27.2 Å². The van der Waals surface area contributed by atoms with Crippen LogP contribution in [0, 0.1) is 0 Å². The van der Waals surface area contributed by atoms with Crippen LogP contribution >= 0.6 is 0 Å². The van der Waals surface area contributed by atoms with Gasteiger partial charge in [0.1, 0.15) is 11.5 Å². The Labute approximate surface area is 148 Å². The first kappa shape index (κ1) is 18.3. The number of nitrogens with zero attached hydrogens (tertiary/aromatic N) is 2. The SMILES string of the molecule is CN(C)C(=O)CN(C)C(=O)/C=C/c1cccc(Oc2ccccc2)c1. The smallest absolute Gasteiger partial charge is 0.246 e. The third-order valence-corrected chi connectivity index (χ3v) is 3.50. The minimum absolute atomic E-state index is 0.0489.